The van der Waals surface area contributed by atoms with Gasteiger partial charge in [0, 0.05) is 4.47 Å². The Labute approximate surface area is 116 Å². The first-order valence-corrected chi connectivity index (χ1v) is 3.49. The zero-order valence-electron chi connectivity index (χ0n) is 5.04. The molecule has 11 heavy (non-hydrogen) atoms. The van der Waals surface area contributed by atoms with Crippen molar-refractivity contribution < 1.29 is 9.90 Å². The normalized spacial score (nSPS) is 8.45. The van der Waals surface area contributed by atoms with E-state index in [1.54, 1.807) is 24.3 Å². The predicted molar refractivity (Wildman–Crippen MR) is 48.3 cm³/mol. The van der Waals surface area contributed by atoms with Gasteiger partial charge in [-0.2, -0.15) is 0 Å². The molecule has 0 aromatic heterocycles. The van der Waals surface area contributed by atoms with Crippen LogP contribution in [0.5, 0.6) is 0 Å². The molecule has 0 unspecified atom stereocenters. The van der Waals surface area contributed by atoms with Crippen molar-refractivity contribution in [2.24, 2.45) is 0 Å². The summed E-state index contributed by atoms with van der Waals surface area (Å²) in [5.74, 6) is -0.910. The van der Waals surface area contributed by atoms with Crippen LogP contribution in [0.15, 0.2) is 28.7 Å². The van der Waals surface area contributed by atoms with E-state index in [1.807, 2.05) is 0 Å². The molecule has 0 amide bonds. The summed E-state index contributed by atoms with van der Waals surface area (Å²) in [4.78, 5) is 10.4. The molecular weight excluding hydrogens is 235 g/mol. The third-order valence-electron chi connectivity index (χ3n) is 1.10. The minimum atomic E-state index is -0.910. The molecule has 1 N–H and O–H groups in total. The third-order valence-corrected chi connectivity index (χ3v) is 1.80. The number of rotatable bonds is 1. The molecule has 0 bridgehead atoms. The summed E-state index contributed by atoms with van der Waals surface area (Å²) in [6.45, 7) is 0. The van der Waals surface area contributed by atoms with Gasteiger partial charge < -0.3 is 5.11 Å². The molecule has 0 aliphatic rings. The van der Waals surface area contributed by atoms with Crippen molar-refractivity contribution >= 4 is 73.3 Å². The SMILES string of the molecule is O=C(O)c1ccccc1Br.[KH]. The second kappa shape index (κ2) is 5.45. The minimum absolute atomic E-state index is 0. The van der Waals surface area contributed by atoms with Crippen molar-refractivity contribution in [3.63, 3.8) is 0 Å². The van der Waals surface area contributed by atoms with Crippen molar-refractivity contribution in [3.8, 4) is 0 Å². The quantitative estimate of drug-likeness (QED) is 0.756. The standard InChI is InChI=1S/C7H5BrO2.K.H/c8-6-4-2-1-3-5(6)7(9)10;;/h1-4H,(H,9,10);;. The van der Waals surface area contributed by atoms with Crippen LogP contribution in [-0.4, -0.2) is 62.5 Å². The van der Waals surface area contributed by atoms with E-state index in [1.165, 1.54) is 0 Å². The van der Waals surface area contributed by atoms with Crippen LogP contribution in [0.3, 0.4) is 0 Å². The monoisotopic (exact) mass is 240 g/mol. The van der Waals surface area contributed by atoms with Gasteiger partial charge in [0.15, 0.2) is 0 Å². The summed E-state index contributed by atoms with van der Waals surface area (Å²) in [6, 6.07) is 6.71. The van der Waals surface area contributed by atoms with Crippen LogP contribution in [0.25, 0.3) is 0 Å². The van der Waals surface area contributed by atoms with Crippen molar-refractivity contribution in [2.45, 2.75) is 0 Å². The number of carboxylic acid groups (broad SMARTS) is 1. The maximum absolute atomic E-state index is 10.4. The van der Waals surface area contributed by atoms with Crippen molar-refractivity contribution in [1.29, 1.82) is 0 Å². The summed E-state index contributed by atoms with van der Waals surface area (Å²) in [5, 5.41) is 8.54. The van der Waals surface area contributed by atoms with Crippen molar-refractivity contribution in [3.05, 3.63) is 34.3 Å². The second-order valence-electron chi connectivity index (χ2n) is 1.78. The fourth-order valence-electron chi connectivity index (χ4n) is 0.635. The van der Waals surface area contributed by atoms with Crippen LogP contribution in [-0.2, 0) is 0 Å². The molecular formula is C7H6BrKO2. The number of halogens is 1. The third kappa shape index (κ3) is 3.35. The van der Waals surface area contributed by atoms with E-state index in [4.69, 9.17) is 5.11 Å². The molecule has 1 rings (SSSR count). The van der Waals surface area contributed by atoms with Gasteiger partial charge in [-0.3, -0.25) is 0 Å². The topological polar surface area (TPSA) is 37.3 Å². The Balaban J connectivity index is 0.000001000. The van der Waals surface area contributed by atoms with Crippen LogP contribution >= 0.6 is 15.9 Å². The van der Waals surface area contributed by atoms with E-state index in [-0.39, 0.29) is 51.4 Å². The molecule has 1 aromatic carbocycles. The molecule has 0 heterocycles. The first kappa shape index (κ1) is 11.8. The molecule has 1 aromatic rings. The van der Waals surface area contributed by atoms with Gasteiger partial charge in [0.2, 0.25) is 0 Å². The summed E-state index contributed by atoms with van der Waals surface area (Å²) >= 11 is 3.12. The average Bonchev–Trinajstić information content (AvgIpc) is 1.88. The van der Waals surface area contributed by atoms with Gasteiger partial charge in [-0.25, -0.2) is 4.79 Å². The molecule has 0 aliphatic carbocycles. The molecule has 0 saturated heterocycles. The average molecular weight is 241 g/mol. The molecule has 0 atom stereocenters. The van der Waals surface area contributed by atoms with E-state index in [0.29, 0.717) is 10.0 Å². The van der Waals surface area contributed by atoms with E-state index in [0.717, 1.165) is 0 Å². The molecule has 0 fully saturated rings. The van der Waals surface area contributed by atoms with E-state index in [2.05, 4.69) is 15.9 Å². The molecule has 0 spiro atoms. The van der Waals surface area contributed by atoms with E-state index in [9.17, 15) is 4.79 Å². The van der Waals surface area contributed by atoms with Gasteiger partial charge in [-0.15, -0.1) is 0 Å². The van der Waals surface area contributed by atoms with Gasteiger partial charge in [-0.05, 0) is 28.1 Å². The first-order valence-electron chi connectivity index (χ1n) is 2.69. The Morgan fingerprint density at radius 3 is 2.27 bits per heavy atom. The summed E-state index contributed by atoms with van der Waals surface area (Å²) in [7, 11) is 0. The maximum atomic E-state index is 10.4. The molecule has 4 heteroatoms. The van der Waals surface area contributed by atoms with Crippen LogP contribution < -0.4 is 0 Å². The molecule has 0 aliphatic heterocycles. The van der Waals surface area contributed by atoms with E-state index < -0.39 is 5.97 Å². The summed E-state index contributed by atoms with van der Waals surface area (Å²) < 4.78 is 0.613. The number of hydrogen-bond acceptors (Lipinski definition) is 1. The van der Waals surface area contributed by atoms with Crippen LogP contribution in [0.1, 0.15) is 10.4 Å². The fraction of sp³-hybridized carbons (Fsp3) is 0. The number of aromatic carboxylic acids is 1. The Bertz CT molecular complexity index is 262. The second-order valence-corrected chi connectivity index (χ2v) is 2.64. The number of hydrogen-bond donors (Lipinski definition) is 1. The fourth-order valence-corrected chi connectivity index (χ4v) is 1.09. The van der Waals surface area contributed by atoms with Crippen LogP contribution in [0.2, 0.25) is 0 Å². The van der Waals surface area contributed by atoms with Crippen LogP contribution in [0.4, 0.5) is 0 Å². The molecule has 54 valence electrons. The molecule has 0 radical (unpaired) electrons. The van der Waals surface area contributed by atoms with Gasteiger partial charge in [0.1, 0.15) is 0 Å². The van der Waals surface area contributed by atoms with Gasteiger partial charge >= 0.3 is 57.4 Å². The Hall–Kier alpha value is 0.806. The Morgan fingerprint density at radius 2 is 1.91 bits per heavy atom. The number of benzene rings is 1. The molecule has 2 nitrogen and oxygen atoms in total. The predicted octanol–water partition coefficient (Wildman–Crippen LogP) is 1.50. The Kier molecular flexibility index (Phi) is 5.85. The van der Waals surface area contributed by atoms with Crippen molar-refractivity contribution in [2.75, 3.05) is 0 Å². The zero-order valence-corrected chi connectivity index (χ0v) is 6.63. The molecule has 0 saturated carbocycles. The van der Waals surface area contributed by atoms with Gasteiger partial charge in [0.25, 0.3) is 0 Å². The van der Waals surface area contributed by atoms with Crippen molar-refractivity contribution in [1.82, 2.24) is 0 Å². The van der Waals surface area contributed by atoms with E-state index >= 15 is 0 Å². The van der Waals surface area contributed by atoms with Gasteiger partial charge in [0.05, 0.1) is 5.56 Å². The zero-order chi connectivity index (χ0) is 7.56. The summed E-state index contributed by atoms with van der Waals surface area (Å²) in [5.41, 5.74) is 0.294. The Morgan fingerprint density at radius 1 is 1.36 bits per heavy atom. The summed E-state index contributed by atoms with van der Waals surface area (Å²) in [6.07, 6.45) is 0. The van der Waals surface area contributed by atoms with Gasteiger partial charge in [-0.1, -0.05) is 12.1 Å². The number of carboxylic acids is 1. The van der Waals surface area contributed by atoms with Crippen LogP contribution in [0, 0.1) is 0 Å². The first-order chi connectivity index (χ1) is 4.72. The number of carbonyl (C=O) groups is 1.